The molecule has 2 rings (SSSR count). The molecule has 0 bridgehead atoms. The molecular formula is C19H38N2O. The van der Waals surface area contributed by atoms with Crippen molar-refractivity contribution >= 4 is 0 Å². The van der Waals surface area contributed by atoms with E-state index in [4.69, 9.17) is 5.11 Å². The first-order valence-corrected chi connectivity index (χ1v) is 9.82. The maximum Gasteiger partial charge on any atom is 0.0434 e. The zero-order valence-corrected chi connectivity index (χ0v) is 14.9. The van der Waals surface area contributed by atoms with Gasteiger partial charge in [-0.15, -0.1) is 0 Å². The molecule has 1 saturated heterocycles. The summed E-state index contributed by atoms with van der Waals surface area (Å²) in [5, 5.41) is 13.0. The van der Waals surface area contributed by atoms with Gasteiger partial charge in [-0.3, -0.25) is 0 Å². The molecule has 3 unspecified atom stereocenters. The summed E-state index contributed by atoms with van der Waals surface area (Å²) in [5.74, 6) is 1.56. The Morgan fingerprint density at radius 3 is 2.45 bits per heavy atom. The number of aliphatic hydroxyl groups excluding tert-OH is 1. The first kappa shape index (κ1) is 18.2. The van der Waals surface area contributed by atoms with Crippen LogP contribution in [0.2, 0.25) is 0 Å². The lowest BCUT2D eigenvalue weighted by Crippen LogP contribution is -2.49. The zero-order chi connectivity index (χ0) is 15.8. The van der Waals surface area contributed by atoms with Crippen molar-refractivity contribution in [1.29, 1.82) is 0 Å². The second-order valence-corrected chi connectivity index (χ2v) is 7.71. The van der Waals surface area contributed by atoms with E-state index < -0.39 is 0 Å². The molecule has 3 nitrogen and oxygen atoms in total. The number of nitrogens with one attached hydrogen (secondary N) is 1. The van der Waals surface area contributed by atoms with Crippen LogP contribution in [0.15, 0.2) is 0 Å². The molecule has 1 aliphatic heterocycles. The van der Waals surface area contributed by atoms with Crippen molar-refractivity contribution in [3.8, 4) is 0 Å². The highest BCUT2D eigenvalue weighted by Crippen LogP contribution is 2.30. The summed E-state index contributed by atoms with van der Waals surface area (Å²) < 4.78 is 0. The summed E-state index contributed by atoms with van der Waals surface area (Å²) >= 11 is 0. The zero-order valence-electron chi connectivity index (χ0n) is 14.9. The minimum atomic E-state index is 0.338. The Morgan fingerprint density at radius 2 is 1.82 bits per heavy atom. The van der Waals surface area contributed by atoms with Crippen molar-refractivity contribution in [2.75, 3.05) is 26.2 Å². The molecule has 3 heteroatoms. The van der Waals surface area contributed by atoms with Gasteiger partial charge in [0.05, 0.1) is 0 Å². The van der Waals surface area contributed by atoms with Crippen LogP contribution in [-0.2, 0) is 0 Å². The van der Waals surface area contributed by atoms with Gasteiger partial charge in [0, 0.05) is 18.7 Å². The highest BCUT2D eigenvalue weighted by atomic mass is 16.3. The van der Waals surface area contributed by atoms with Crippen molar-refractivity contribution in [2.24, 2.45) is 11.8 Å². The monoisotopic (exact) mass is 310 g/mol. The van der Waals surface area contributed by atoms with Gasteiger partial charge in [-0.25, -0.2) is 0 Å². The Hall–Kier alpha value is -0.120. The minimum absolute atomic E-state index is 0.338. The second kappa shape index (κ2) is 9.89. The molecule has 2 N–H and O–H groups in total. The molecule has 1 saturated carbocycles. The lowest BCUT2D eigenvalue weighted by Gasteiger charge is -2.42. The van der Waals surface area contributed by atoms with E-state index in [-0.39, 0.29) is 0 Å². The Kier molecular flexibility index (Phi) is 8.19. The molecule has 22 heavy (non-hydrogen) atoms. The Balaban J connectivity index is 1.68. The quantitative estimate of drug-likeness (QED) is 0.721. The summed E-state index contributed by atoms with van der Waals surface area (Å²) in [4.78, 5) is 2.78. The van der Waals surface area contributed by atoms with E-state index in [2.05, 4.69) is 24.1 Å². The molecule has 2 aliphatic rings. The third kappa shape index (κ3) is 5.50. The van der Waals surface area contributed by atoms with E-state index in [1.165, 1.54) is 64.5 Å². The standard InChI is InChI=1S/C19H38N2O/c1-3-6-17(11-14-22)15-20-18-9-12-21(13-10-18)19-8-5-4-7-16(19)2/h16-20,22H,3-15H2,1-2H3. The molecule has 130 valence electrons. The van der Waals surface area contributed by atoms with Crippen LogP contribution in [0.4, 0.5) is 0 Å². The van der Waals surface area contributed by atoms with Crippen molar-refractivity contribution in [2.45, 2.75) is 83.7 Å². The maximum absolute atomic E-state index is 9.17. The molecule has 3 atom stereocenters. The van der Waals surface area contributed by atoms with E-state index >= 15 is 0 Å². The second-order valence-electron chi connectivity index (χ2n) is 7.71. The van der Waals surface area contributed by atoms with E-state index in [1.807, 2.05) is 0 Å². The van der Waals surface area contributed by atoms with Gasteiger partial charge >= 0.3 is 0 Å². The van der Waals surface area contributed by atoms with E-state index in [1.54, 1.807) is 0 Å². The van der Waals surface area contributed by atoms with E-state index in [0.717, 1.165) is 24.9 Å². The van der Waals surface area contributed by atoms with Crippen molar-refractivity contribution in [3.05, 3.63) is 0 Å². The van der Waals surface area contributed by atoms with Gasteiger partial charge in [0.2, 0.25) is 0 Å². The lowest BCUT2D eigenvalue weighted by atomic mass is 9.84. The van der Waals surface area contributed by atoms with Crippen LogP contribution in [0.3, 0.4) is 0 Å². The molecule has 0 spiro atoms. The first-order valence-electron chi connectivity index (χ1n) is 9.82. The van der Waals surface area contributed by atoms with Gasteiger partial charge in [-0.2, -0.15) is 0 Å². The van der Waals surface area contributed by atoms with Crippen LogP contribution in [0, 0.1) is 11.8 Å². The lowest BCUT2D eigenvalue weighted by molar-refractivity contribution is 0.0805. The van der Waals surface area contributed by atoms with Gasteiger partial charge in [-0.1, -0.05) is 33.1 Å². The molecule has 0 amide bonds. The predicted molar refractivity (Wildman–Crippen MR) is 94.1 cm³/mol. The molecule has 0 aromatic rings. The summed E-state index contributed by atoms with van der Waals surface area (Å²) in [6.07, 6.45) is 11.8. The smallest absolute Gasteiger partial charge is 0.0434 e. The van der Waals surface area contributed by atoms with E-state index in [0.29, 0.717) is 18.6 Å². The number of nitrogens with zero attached hydrogens (tertiary/aromatic N) is 1. The molecular weight excluding hydrogens is 272 g/mol. The number of likely N-dealkylation sites (tertiary alicyclic amines) is 1. The maximum atomic E-state index is 9.17. The highest BCUT2D eigenvalue weighted by molar-refractivity contribution is 4.86. The molecule has 0 aromatic heterocycles. The SMILES string of the molecule is CCCC(CCO)CNC1CCN(C2CCCCC2C)CC1. The van der Waals surface area contributed by atoms with Crippen molar-refractivity contribution in [3.63, 3.8) is 0 Å². The fraction of sp³-hybridized carbons (Fsp3) is 1.00. The fourth-order valence-electron chi connectivity index (χ4n) is 4.55. The van der Waals surface area contributed by atoms with Crippen molar-refractivity contribution in [1.82, 2.24) is 10.2 Å². The van der Waals surface area contributed by atoms with Gasteiger partial charge < -0.3 is 15.3 Å². The van der Waals surface area contributed by atoms with Crippen LogP contribution in [0.1, 0.15) is 71.6 Å². The van der Waals surface area contributed by atoms with Crippen LogP contribution < -0.4 is 5.32 Å². The predicted octanol–water partition coefficient (Wildman–Crippen LogP) is 3.42. The van der Waals surface area contributed by atoms with Gasteiger partial charge in [0.15, 0.2) is 0 Å². The molecule has 1 aliphatic carbocycles. The van der Waals surface area contributed by atoms with Gasteiger partial charge in [-0.05, 0) is 70.0 Å². The minimum Gasteiger partial charge on any atom is -0.396 e. The third-order valence-corrected chi connectivity index (χ3v) is 5.99. The largest absolute Gasteiger partial charge is 0.396 e. The Bertz CT molecular complexity index is 283. The number of hydrogen-bond acceptors (Lipinski definition) is 3. The summed E-state index contributed by atoms with van der Waals surface area (Å²) in [6.45, 7) is 8.70. The normalized spacial score (nSPS) is 29.6. The first-order chi connectivity index (χ1) is 10.7. The van der Waals surface area contributed by atoms with Crippen molar-refractivity contribution < 1.29 is 5.11 Å². The Morgan fingerprint density at radius 1 is 1.09 bits per heavy atom. The van der Waals surface area contributed by atoms with Crippen LogP contribution in [0.5, 0.6) is 0 Å². The number of piperidine rings is 1. The third-order valence-electron chi connectivity index (χ3n) is 5.99. The van der Waals surface area contributed by atoms with Crippen LogP contribution in [0.25, 0.3) is 0 Å². The number of hydrogen-bond donors (Lipinski definition) is 2. The average molecular weight is 311 g/mol. The number of aliphatic hydroxyl groups is 1. The molecule has 2 fully saturated rings. The highest BCUT2D eigenvalue weighted by Gasteiger charge is 2.30. The number of rotatable bonds is 8. The summed E-state index contributed by atoms with van der Waals surface area (Å²) in [7, 11) is 0. The summed E-state index contributed by atoms with van der Waals surface area (Å²) in [5.41, 5.74) is 0. The van der Waals surface area contributed by atoms with Crippen LogP contribution >= 0.6 is 0 Å². The topological polar surface area (TPSA) is 35.5 Å². The summed E-state index contributed by atoms with van der Waals surface area (Å²) in [6, 6.07) is 1.56. The van der Waals surface area contributed by atoms with Gasteiger partial charge in [0.1, 0.15) is 0 Å². The Labute approximate surface area is 137 Å². The average Bonchev–Trinajstić information content (AvgIpc) is 2.54. The van der Waals surface area contributed by atoms with E-state index in [9.17, 15) is 0 Å². The molecule has 1 heterocycles. The van der Waals surface area contributed by atoms with Crippen LogP contribution in [-0.4, -0.2) is 48.3 Å². The fourth-order valence-corrected chi connectivity index (χ4v) is 4.55. The molecule has 0 radical (unpaired) electrons. The molecule has 0 aromatic carbocycles. The van der Waals surface area contributed by atoms with Gasteiger partial charge in [0.25, 0.3) is 0 Å².